The zero-order valence-corrected chi connectivity index (χ0v) is 16.1. The first-order chi connectivity index (χ1) is 12.8. The Hall–Kier alpha value is -2.96. The van der Waals surface area contributed by atoms with Crippen molar-refractivity contribution >= 4 is 23.2 Å². The van der Waals surface area contributed by atoms with E-state index in [0.717, 1.165) is 6.42 Å². The highest BCUT2D eigenvalue weighted by atomic mass is 16.7. The normalized spacial score (nSPS) is 13.6. The Morgan fingerprint density at radius 3 is 2.22 bits per heavy atom. The molecule has 0 spiro atoms. The van der Waals surface area contributed by atoms with Crippen LogP contribution in [0.15, 0.2) is 23.4 Å². The van der Waals surface area contributed by atoms with Crippen LogP contribution in [0, 0.1) is 5.92 Å². The van der Waals surface area contributed by atoms with E-state index in [-0.39, 0.29) is 34.2 Å². The topological polar surface area (TPSA) is 91.3 Å². The lowest BCUT2D eigenvalue weighted by Crippen LogP contribution is -2.18. The maximum Gasteiger partial charge on any atom is 0.331 e. The minimum atomic E-state index is -0.560. The maximum atomic E-state index is 12.5. The Bertz CT molecular complexity index is 835. The van der Waals surface area contributed by atoms with E-state index >= 15 is 0 Å². The summed E-state index contributed by atoms with van der Waals surface area (Å²) >= 11 is 0. The fourth-order valence-electron chi connectivity index (χ4n) is 2.80. The van der Waals surface area contributed by atoms with Crippen LogP contribution in [0.3, 0.4) is 0 Å². The molecule has 1 aliphatic carbocycles. The molecule has 0 fully saturated rings. The second-order valence-corrected chi connectivity index (χ2v) is 6.52. The number of hydrogen-bond acceptors (Lipinski definition) is 7. The van der Waals surface area contributed by atoms with Gasteiger partial charge in [-0.25, -0.2) is 4.79 Å². The van der Waals surface area contributed by atoms with Crippen molar-refractivity contribution in [1.29, 1.82) is 0 Å². The number of rotatable bonds is 7. The number of fused-ring (bicyclic) bond motifs is 1. The molecule has 0 aliphatic heterocycles. The van der Waals surface area contributed by atoms with Crippen molar-refractivity contribution in [3.05, 3.63) is 34.9 Å². The van der Waals surface area contributed by atoms with Crippen molar-refractivity contribution in [2.24, 2.45) is 11.1 Å². The van der Waals surface area contributed by atoms with Crippen LogP contribution in [0.5, 0.6) is 11.5 Å². The van der Waals surface area contributed by atoms with Crippen molar-refractivity contribution in [2.75, 3.05) is 14.2 Å². The third kappa shape index (κ3) is 4.42. The lowest BCUT2D eigenvalue weighted by atomic mass is 9.88. The van der Waals surface area contributed by atoms with Crippen molar-refractivity contribution in [3.63, 3.8) is 0 Å². The monoisotopic (exact) mass is 373 g/mol. The molecule has 144 valence electrons. The summed E-state index contributed by atoms with van der Waals surface area (Å²) < 4.78 is 10.8. The van der Waals surface area contributed by atoms with Gasteiger partial charge in [0.1, 0.15) is 11.5 Å². The number of carbonyl (C=O) groups is 3. The molecule has 0 bridgehead atoms. The largest absolute Gasteiger partial charge is 0.496 e. The van der Waals surface area contributed by atoms with Gasteiger partial charge in [-0.2, -0.15) is 0 Å². The first-order valence-corrected chi connectivity index (χ1v) is 8.60. The summed E-state index contributed by atoms with van der Waals surface area (Å²) in [6, 6.07) is 1.59. The average molecular weight is 373 g/mol. The Morgan fingerprint density at radius 2 is 1.70 bits per heavy atom. The van der Waals surface area contributed by atoms with Crippen molar-refractivity contribution in [2.45, 2.75) is 33.6 Å². The van der Waals surface area contributed by atoms with E-state index in [9.17, 15) is 14.4 Å². The quantitative estimate of drug-likeness (QED) is 0.413. The number of oxime groups is 1. The van der Waals surface area contributed by atoms with Gasteiger partial charge < -0.3 is 14.3 Å². The van der Waals surface area contributed by atoms with Gasteiger partial charge in [0, 0.05) is 12.5 Å². The molecule has 1 aromatic rings. The molecule has 7 heteroatoms. The summed E-state index contributed by atoms with van der Waals surface area (Å²) in [4.78, 5) is 40.9. The van der Waals surface area contributed by atoms with Gasteiger partial charge in [0.05, 0.1) is 31.1 Å². The van der Waals surface area contributed by atoms with Gasteiger partial charge in [-0.05, 0) is 37.0 Å². The Labute approximate surface area is 158 Å². The summed E-state index contributed by atoms with van der Waals surface area (Å²) in [6.45, 7) is 5.36. The second-order valence-electron chi connectivity index (χ2n) is 6.52. The molecule has 0 radical (unpaired) electrons. The van der Waals surface area contributed by atoms with Crippen LogP contribution >= 0.6 is 0 Å². The van der Waals surface area contributed by atoms with Crippen molar-refractivity contribution in [3.8, 4) is 11.5 Å². The van der Waals surface area contributed by atoms with E-state index in [1.807, 2.05) is 0 Å². The molecular formula is C20H23NO6. The fourth-order valence-corrected chi connectivity index (χ4v) is 2.80. The van der Waals surface area contributed by atoms with Gasteiger partial charge in [0.25, 0.3) is 0 Å². The van der Waals surface area contributed by atoms with Crippen LogP contribution in [-0.4, -0.2) is 37.5 Å². The number of nitrogens with zero attached hydrogens (tertiary/aromatic N) is 1. The lowest BCUT2D eigenvalue weighted by molar-refractivity contribution is -0.140. The minimum Gasteiger partial charge on any atom is -0.496 e. The number of carbonyl (C=O) groups excluding carboxylic acids is 3. The maximum absolute atomic E-state index is 12.5. The molecule has 27 heavy (non-hydrogen) atoms. The van der Waals surface area contributed by atoms with Crippen LogP contribution in [0.1, 0.15) is 59.9 Å². The average Bonchev–Trinajstić information content (AvgIpc) is 2.63. The highest BCUT2D eigenvalue weighted by Crippen LogP contribution is 2.38. The molecule has 0 unspecified atom stereocenters. The molecule has 0 heterocycles. The first kappa shape index (κ1) is 20.4. The van der Waals surface area contributed by atoms with Crippen LogP contribution in [0.4, 0.5) is 0 Å². The SMILES string of the molecule is COc1cc(C(CCC(C)C)=NOC(C)=O)c(OC)c2c1C(=O)C=CC2=O. The second kappa shape index (κ2) is 8.62. The molecule has 0 aromatic heterocycles. The molecule has 0 saturated heterocycles. The number of hydrogen-bond donors (Lipinski definition) is 0. The van der Waals surface area contributed by atoms with E-state index < -0.39 is 5.97 Å². The minimum absolute atomic E-state index is 0.124. The standard InChI is InChI=1S/C20H23NO6/c1-11(2)6-7-14(21-27-12(3)22)13-10-17(25-4)18-15(23)8-9-16(24)19(18)20(13)26-5/h8-11H,6-7H2,1-5H3. The van der Waals surface area contributed by atoms with E-state index in [4.69, 9.17) is 14.3 Å². The third-order valence-electron chi connectivity index (χ3n) is 4.10. The van der Waals surface area contributed by atoms with E-state index in [2.05, 4.69) is 19.0 Å². The Balaban J connectivity index is 2.71. The first-order valence-electron chi connectivity index (χ1n) is 8.60. The third-order valence-corrected chi connectivity index (χ3v) is 4.10. The van der Waals surface area contributed by atoms with Crippen LogP contribution in [0.2, 0.25) is 0 Å². The summed E-state index contributed by atoms with van der Waals surface area (Å²) in [7, 11) is 2.83. The highest BCUT2D eigenvalue weighted by Gasteiger charge is 2.31. The van der Waals surface area contributed by atoms with E-state index in [1.165, 1.54) is 33.3 Å². The van der Waals surface area contributed by atoms with Gasteiger partial charge in [0.15, 0.2) is 11.6 Å². The predicted octanol–water partition coefficient (Wildman–Crippen LogP) is 3.34. The number of allylic oxidation sites excluding steroid dienone is 2. The van der Waals surface area contributed by atoms with Crippen LogP contribution < -0.4 is 9.47 Å². The zero-order chi connectivity index (χ0) is 20.1. The number of ketones is 2. The Morgan fingerprint density at radius 1 is 1.07 bits per heavy atom. The molecule has 0 atom stereocenters. The van der Waals surface area contributed by atoms with Gasteiger partial charge in [-0.3, -0.25) is 9.59 Å². The highest BCUT2D eigenvalue weighted by molar-refractivity contribution is 6.25. The van der Waals surface area contributed by atoms with Crippen molar-refractivity contribution in [1.82, 2.24) is 0 Å². The van der Waals surface area contributed by atoms with Gasteiger partial charge >= 0.3 is 5.97 Å². The van der Waals surface area contributed by atoms with E-state index in [1.54, 1.807) is 6.07 Å². The molecule has 7 nitrogen and oxygen atoms in total. The summed E-state index contributed by atoms with van der Waals surface area (Å²) in [6.07, 6.45) is 3.67. The Kier molecular flexibility index (Phi) is 6.50. The van der Waals surface area contributed by atoms with Gasteiger partial charge in [-0.1, -0.05) is 19.0 Å². The molecule has 1 aromatic carbocycles. The lowest BCUT2D eigenvalue weighted by Gasteiger charge is -2.20. The number of methoxy groups -OCH3 is 2. The molecule has 0 saturated carbocycles. The summed E-state index contributed by atoms with van der Waals surface area (Å²) in [5, 5.41) is 3.96. The summed E-state index contributed by atoms with van der Waals surface area (Å²) in [5.41, 5.74) is 1.17. The van der Waals surface area contributed by atoms with Gasteiger partial charge in [-0.15, -0.1) is 0 Å². The molecular weight excluding hydrogens is 350 g/mol. The van der Waals surface area contributed by atoms with Gasteiger partial charge in [0.2, 0.25) is 0 Å². The van der Waals surface area contributed by atoms with Crippen LogP contribution in [-0.2, 0) is 9.63 Å². The molecule has 1 aliphatic rings. The van der Waals surface area contributed by atoms with Crippen molar-refractivity contribution < 1.29 is 28.7 Å². The summed E-state index contributed by atoms with van der Waals surface area (Å²) in [5.74, 6) is -0.435. The number of ether oxygens (including phenoxy) is 2. The zero-order valence-electron chi connectivity index (χ0n) is 16.1. The predicted molar refractivity (Wildman–Crippen MR) is 99.7 cm³/mol. The molecule has 0 amide bonds. The van der Waals surface area contributed by atoms with Crippen LogP contribution in [0.25, 0.3) is 0 Å². The number of benzene rings is 1. The smallest absolute Gasteiger partial charge is 0.331 e. The fraction of sp³-hybridized carbons (Fsp3) is 0.400. The molecule has 0 N–H and O–H groups in total. The molecule has 2 rings (SSSR count). The van der Waals surface area contributed by atoms with E-state index in [0.29, 0.717) is 23.6 Å².